The summed E-state index contributed by atoms with van der Waals surface area (Å²) in [6.07, 6.45) is 9.06. The fourth-order valence-electron chi connectivity index (χ4n) is 2.88. The standard InChI is InChI=1S/C14H24N4O/c1-11(7-10-18-9-4-8-16-18)17-13-6-3-2-5-12(13)14(15)19/h4,8-9,11-13,17H,2-3,5-7,10H2,1H3,(H2,15,19). The van der Waals surface area contributed by atoms with Crippen LogP contribution >= 0.6 is 0 Å². The van der Waals surface area contributed by atoms with E-state index in [2.05, 4.69) is 17.3 Å². The Morgan fingerprint density at radius 3 is 3.00 bits per heavy atom. The van der Waals surface area contributed by atoms with Gasteiger partial charge in [0, 0.05) is 31.0 Å². The van der Waals surface area contributed by atoms with Gasteiger partial charge in [0.05, 0.1) is 5.92 Å². The molecule has 1 heterocycles. The van der Waals surface area contributed by atoms with Gasteiger partial charge in [0.1, 0.15) is 0 Å². The predicted molar refractivity (Wildman–Crippen MR) is 74.4 cm³/mol. The van der Waals surface area contributed by atoms with Crippen LogP contribution in [0.4, 0.5) is 0 Å². The summed E-state index contributed by atoms with van der Waals surface area (Å²) in [4.78, 5) is 11.5. The predicted octanol–water partition coefficient (Wildman–Crippen LogP) is 1.30. The van der Waals surface area contributed by atoms with Gasteiger partial charge in [-0.05, 0) is 32.3 Å². The molecule has 2 rings (SSSR count). The van der Waals surface area contributed by atoms with Crippen LogP contribution < -0.4 is 11.1 Å². The number of aryl methyl sites for hydroxylation is 1. The summed E-state index contributed by atoms with van der Waals surface area (Å²) in [6, 6.07) is 2.55. The number of hydrogen-bond donors (Lipinski definition) is 2. The lowest BCUT2D eigenvalue weighted by Gasteiger charge is -2.32. The van der Waals surface area contributed by atoms with E-state index in [4.69, 9.17) is 5.73 Å². The van der Waals surface area contributed by atoms with Crippen LogP contribution in [-0.2, 0) is 11.3 Å². The topological polar surface area (TPSA) is 72.9 Å². The van der Waals surface area contributed by atoms with Gasteiger partial charge in [-0.2, -0.15) is 5.10 Å². The van der Waals surface area contributed by atoms with Crippen molar-refractivity contribution in [3.8, 4) is 0 Å². The maximum absolute atomic E-state index is 11.5. The van der Waals surface area contributed by atoms with Crippen molar-refractivity contribution in [3.05, 3.63) is 18.5 Å². The van der Waals surface area contributed by atoms with Crippen molar-refractivity contribution in [2.75, 3.05) is 0 Å². The van der Waals surface area contributed by atoms with Gasteiger partial charge < -0.3 is 11.1 Å². The molecule has 1 fully saturated rings. The van der Waals surface area contributed by atoms with E-state index in [0.29, 0.717) is 6.04 Å². The first kappa shape index (κ1) is 14.1. The minimum atomic E-state index is -0.156. The number of rotatable bonds is 6. The molecule has 1 aromatic heterocycles. The first-order chi connectivity index (χ1) is 9.16. The van der Waals surface area contributed by atoms with Gasteiger partial charge in [-0.15, -0.1) is 0 Å². The number of aromatic nitrogens is 2. The summed E-state index contributed by atoms with van der Waals surface area (Å²) in [5, 5.41) is 7.76. The molecule has 1 aliphatic rings. The highest BCUT2D eigenvalue weighted by molar-refractivity contribution is 5.77. The van der Waals surface area contributed by atoms with Crippen molar-refractivity contribution in [2.24, 2.45) is 11.7 Å². The van der Waals surface area contributed by atoms with E-state index in [9.17, 15) is 4.79 Å². The van der Waals surface area contributed by atoms with E-state index in [1.54, 1.807) is 6.20 Å². The minimum Gasteiger partial charge on any atom is -0.369 e. The van der Waals surface area contributed by atoms with E-state index in [1.807, 2.05) is 16.9 Å². The molecule has 106 valence electrons. The van der Waals surface area contributed by atoms with Gasteiger partial charge >= 0.3 is 0 Å². The molecule has 5 nitrogen and oxygen atoms in total. The van der Waals surface area contributed by atoms with Crippen molar-refractivity contribution < 1.29 is 4.79 Å². The molecule has 1 saturated carbocycles. The Kier molecular flexibility index (Phi) is 4.96. The van der Waals surface area contributed by atoms with Crippen LogP contribution in [0.3, 0.4) is 0 Å². The monoisotopic (exact) mass is 264 g/mol. The van der Waals surface area contributed by atoms with Gasteiger partial charge in [0.2, 0.25) is 5.91 Å². The van der Waals surface area contributed by atoms with Gasteiger partial charge in [-0.1, -0.05) is 12.8 Å². The fourth-order valence-corrected chi connectivity index (χ4v) is 2.88. The third-order valence-electron chi connectivity index (χ3n) is 3.98. The van der Waals surface area contributed by atoms with Crippen molar-refractivity contribution in [1.29, 1.82) is 0 Å². The van der Waals surface area contributed by atoms with Gasteiger partial charge in [0.15, 0.2) is 0 Å². The largest absolute Gasteiger partial charge is 0.369 e. The van der Waals surface area contributed by atoms with Crippen LogP contribution in [0.1, 0.15) is 39.0 Å². The quantitative estimate of drug-likeness (QED) is 0.813. The second-order valence-electron chi connectivity index (χ2n) is 5.53. The van der Waals surface area contributed by atoms with Crippen LogP contribution in [-0.4, -0.2) is 27.8 Å². The molecule has 3 N–H and O–H groups in total. The summed E-state index contributed by atoms with van der Waals surface area (Å²) in [5.41, 5.74) is 5.49. The molecule has 0 aliphatic heterocycles. The second kappa shape index (κ2) is 6.70. The van der Waals surface area contributed by atoms with Gasteiger partial charge in [-0.3, -0.25) is 9.48 Å². The van der Waals surface area contributed by atoms with Crippen molar-refractivity contribution in [2.45, 2.75) is 57.7 Å². The molecule has 0 aromatic carbocycles. The first-order valence-electron chi connectivity index (χ1n) is 7.19. The number of carbonyl (C=O) groups is 1. The summed E-state index contributed by atoms with van der Waals surface area (Å²) >= 11 is 0. The maximum atomic E-state index is 11.5. The lowest BCUT2D eigenvalue weighted by Crippen LogP contribution is -2.48. The smallest absolute Gasteiger partial charge is 0.222 e. The molecule has 1 aliphatic carbocycles. The SMILES string of the molecule is CC(CCn1cccn1)NC1CCCCC1C(N)=O. The zero-order chi connectivity index (χ0) is 13.7. The van der Waals surface area contributed by atoms with E-state index in [-0.39, 0.29) is 17.9 Å². The molecule has 1 aromatic rings. The number of primary amides is 1. The molecule has 0 radical (unpaired) electrons. The molecule has 0 bridgehead atoms. The third-order valence-corrected chi connectivity index (χ3v) is 3.98. The summed E-state index contributed by atoms with van der Waals surface area (Å²) < 4.78 is 1.94. The molecule has 0 spiro atoms. The first-order valence-corrected chi connectivity index (χ1v) is 7.19. The van der Waals surface area contributed by atoms with Crippen molar-refractivity contribution in [1.82, 2.24) is 15.1 Å². The van der Waals surface area contributed by atoms with Crippen LogP contribution in [0.2, 0.25) is 0 Å². The van der Waals surface area contributed by atoms with Crippen LogP contribution in [0.15, 0.2) is 18.5 Å². The Balaban J connectivity index is 1.79. The Labute approximate surface area is 114 Å². The lowest BCUT2D eigenvalue weighted by atomic mass is 9.83. The highest BCUT2D eigenvalue weighted by Gasteiger charge is 2.29. The zero-order valence-electron chi connectivity index (χ0n) is 11.6. The molecule has 19 heavy (non-hydrogen) atoms. The van der Waals surface area contributed by atoms with Crippen LogP contribution in [0, 0.1) is 5.92 Å². The summed E-state index contributed by atoms with van der Waals surface area (Å²) in [5.74, 6) is -0.155. The fraction of sp³-hybridized carbons (Fsp3) is 0.714. The highest BCUT2D eigenvalue weighted by Crippen LogP contribution is 2.24. The van der Waals surface area contributed by atoms with E-state index < -0.39 is 0 Å². The van der Waals surface area contributed by atoms with Crippen LogP contribution in [0.5, 0.6) is 0 Å². The molecular formula is C14H24N4O. The Morgan fingerprint density at radius 2 is 2.32 bits per heavy atom. The number of hydrogen-bond acceptors (Lipinski definition) is 3. The van der Waals surface area contributed by atoms with Crippen LogP contribution in [0.25, 0.3) is 0 Å². The average molecular weight is 264 g/mol. The Hall–Kier alpha value is -1.36. The van der Waals surface area contributed by atoms with E-state index >= 15 is 0 Å². The average Bonchev–Trinajstić information content (AvgIpc) is 2.90. The molecule has 3 unspecified atom stereocenters. The maximum Gasteiger partial charge on any atom is 0.222 e. The lowest BCUT2D eigenvalue weighted by molar-refractivity contribution is -0.123. The van der Waals surface area contributed by atoms with Crippen molar-refractivity contribution in [3.63, 3.8) is 0 Å². The van der Waals surface area contributed by atoms with Crippen molar-refractivity contribution >= 4 is 5.91 Å². The third kappa shape index (κ3) is 4.06. The normalized spacial score (nSPS) is 25.1. The molecular weight excluding hydrogens is 240 g/mol. The molecule has 5 heteroatoms. The number of amides is 1. The summed E-state index contributed by atoms with van der Waals surface area (Å²) in [6.45, 7) is 3.06. The number of nitrogens with one attached hydrogen (secondary N) is 1. The zero-order valence-corrected chi connectivity index (χ0v) is 11.6. The number of carbonyl (C=O) groups excluding carboxylic acids is 1. The van der Waals surface area contributed by atoms with E-state index in [1.165, 1.54) is 6.42 Å². The highest BCUT2D eigenvalue weighted by atomic mass is 16.1. The van der Waals surface area contributed by atoms with Gasteiger partial charge in [-0.25, -0.2) is 0 Å². The minimum absolute atomic E-state index is 0.000836. The second-order valence-corrected chi connectivity index (χ2v) is 5.53. The number of nitrogens with two attached hydrogens (primary N) is 1. The molecule has 0 saturated heterocycles. The summed E-state index contributed by atoms with van der Waals surface area (Å²) in [7, 11) is 0. The Bertz CT molecular complexity index is 390. The molecule has 1 amide bonds. The molecule has 3 atom stereocenters. The van der Waals surface area contributed by atoms with Gasteiger partial charge in [0.25, 0.3) is 0 Å². The van der Waals surface area contributed by atoms with E-state index in [0.717, 1.165) is 32.2 Å². The number of nitrogens with zero attached hydrogens (tertiary/aromatic N) is 2. The Morgan fingerprint density at radius 1 is 1.53 bits per heavy atom.